The Morgan fingerprint density at radius 3 is 1.81 bits per heavy atom. The molecule has 0 aliphatic carbocycles. The Morgan fingerprint density at radius 1 is 1.12 bits per heavy atom. The second kappa shape index (κ2) is 8.96. The van der Waals surface area contributed by atoms with Gasteiger partial charge in [0.05, 0.1) is 0 Å². The first kappa shape index (κ1) is 17.1. The molecular formula is C8H15F3N2O3. The molecule has 0 spiro atoms. The van der Waals surface area contributed by atoms with Crippen LogP contribution in [0.1, 0.15) is 25.7 Å². The van der Waals surface area contributed by atoms with E-state index in [1.165, 1.54) is 0 Å². The number of carbonyl (C=O) groups is 2. The van der Waals surface area contributed by atoms with Crippen LogP contribution in [-0.2, 0) is 9.59 Å². The van der Waals surface area contributed by atoms with E-state index in [1.54, 1.807) is 0 Å². The number of rotatable bonds is 5. The third-order valence-corrected chi connectivity index (χ3v) is 1.37. The summed E-state index contributed by atoms with van der Waals surface area (Å²) in [4.78, 5) is 19.0. The van der Waals surface area contributed by atoms with Gasteiger partial charge in [-0.25, -0.2) is 4.79 Å². The van der Waals surface area contributed by atoms with E-state index in [0.29, 0.717) is 13.0 Å². The van der Waals surface area contributed by atoms with Crippen molar-refractivity contribution in [3.8, 4) is 0 Å². The maximum atomic E-state index is 10.6. The molecule has 0 heterocycles. The van der Waals surface area contributed by atoms with Crippen molar-refractivity contribution < 1.29 is 27.9 Å². The lowest BCUT2D eigenvalue weighted by molar-refractivity contribution is -0.192. The molecule has 0 saturated carbocycles. The molecule has 0 aliphatic heterocycles. The van der Waals surface area contributed by atoms with Crippen molar-refractivity contribution in [3.63, 3.8) is 0 Å². The minimum absolute atomic E-state index is 0.216. The minimum atomic E-state index is -5.08. The number of amides is 1. The molecule has 1 amide bonds. The molecule has 5 N–H and O–H groups in total. The number of primary amides is 1. The molecule has 5 nitrogen and oxygen atoms in total. The van der Waals surface area contributed by atoms with Gasteiger partial charge in [-0.2, -0.15) is 13.2 Å². The zero-order chi connectivity index (χ0) is 13.2. The smallest absolute Gasteiger partial charge is 0.475 e. The summed E-state index contributed by atoms with van der Waals surface area (Å²) in [7, 11) is 0. The van der Waals surface area contributed by atoms with Gasteiger partial charge in [0, 0.05) is 6.42 Å². The Kier molecular flexibility index (Phi) is 9.57. The molecule has 8 heteroatoms. The fourth-order valence-corrected chi connectivity index (χ4v) is 0.620. The SMILES string of the molecule is NCCCCCC(N)=O.O=C(O)C(F)(F)F. The van der Waals surface area contributed by atoms with Gasteiger partial charge in [0.25, 0.3) is 0 Å². The van der Waals surface area contributed by atoms with E-state index in [4.69, 9.17) is 21.4 Å². The summed E-state index contributed by atoms with van der Waals surface area (Å²) in [5, 5.41) is 7.12. The van der Waals surface area contributed by atoms with E-state index in [0.717, 1.165) is 19.3 Å². The van der Waals surface area contributed by atoms with Gasteiger partial charge in [-0.15, -0.1) is 0 Å². The normalized spacial score (nSPS) is 10.2. The van der Waals surface area contributed by atoms with Crippen LogP contribution in [0, 0.1) is 0 Å². The molecule has 0 aromatic carbocycles. The summed E-state index contributed by atoms with van der Waals surface area (Å²) in [6.07, 6.45) is -1.70. The number of carboxylic acid groups (broad SMARTS) is 1. The van der Waals surface area contributed by atoms with Crippen molar-refractivity contribution in [2.24, 2.45) is 11.5 Å². The Balaban J connectivity index is 0. The zero-order valence-corrected chi connectivity index (χ0v) is 8.59. The van der Waals surface area contributed by atoms with Gasteiger partial charge in [-0.3, -0.25) is 4.79 Å². The van der Waals surface area contributed by atoms with Gasteiger partial charge in [-0.05, 0) is 19.4 Å². The van der Waals surface area contributed by atoms with E-state index in [1.807, 2.05) is 0 Å². The maximum absolute atomic E-state index is 10.6. The Labute approximate surface area is 90.6 Å². The van der Waals surface area contributed by atoms with Gasteiger partial charge < -0.3 is 16.6 Å². The number of hydrogen-bond acceptors (Lipinski definition) is 3. The molecular weight excluding hydrogens is 229 g/mol. The van der Waals surface area contributed by atoms with E-state index in [9.17, 15) is 18.0 Å². The zero-order valence-electron chi connectivity index (χ0n) is 8.59. The average Bonchev–Trinajstić information content (AvgIpc) is 2.11. The number of carbonyl (C=O) groups excluding carboxylic acids is 1. The average molecular weight is 244 g/mol. The molecule has 16 heavy (non-hydrogen) atoms. The van der Waals surface area contributed by atoms with Gasteiger partial charge in [0.2, 0.25) is 5.91 Å². The summed E-state index contributed by atoms with van der Waals surface area (Å²) in [5.41, 5.74) is 10.1. The van der Waals surface area contributed by atoms with Gasteiger partial charge >= 0.3 is 12.1 Å². The van der Waals surface area contributed by atoms with Crippen LogP contribution in [-0.4, -0.2) is 29.7 Å². The monoisotopic (exact) mass is 244 g/mol. The highest BCUT2D eigenvalue weighted by Crippen LogP contribution is 2.13. The topological polar surface area (TPSA) is 106 Å². The lowest BCUT2D eigenvalue weighted by Crippen LogP contribution is -2.21. The van der Waals surface area contributed by atoms with Crippen LogP contribution in [0.2, 0.25) is 0 Å². The van der Waals surface area contributed by atoms with Crippen molar-refractivity contribution in [1.82, 2.24) is 0 Å². The van der Waals surface area contributed by atoms with Crippen molar-refractivity contribution in [3.05, 3.63) is 0 Å². The molecule has 0 bridgehead atoms. The van der Waals surface area contributed by atoms with E-state index in [2.05, 4.69) is 0 Å². The first-order valence-electron chi connectivity index (χ1n) is 4.50. The van der Waals surface area contributed by atoms with Gasteiger partial charge in [0.1, 0.15) is 0 Å². The molecule has 0 aromatic rings. The molecule has 0 unspecified atom stereocenters. The Bertz CT molecular complexity index is 219. The maximum Gasteiger partial charge on any atom is 0.490 e. The molecule has 0 saturated heterocycles. The van der Waals surface area contributed by atoms with Crippen LogP contribution in [0.25, 0.3) is 0 Å². The van der Waals surface area contributed by atoms with Crippen LogP contribution >= 0.6 is 0 Å². The van der Waals surface area contributed by atoms with E-state index < -0.39 is 12.1 Å². The predicted molar refractivity (Wildman–Crippen MR) is 50.4 cm³/mol. The number of carboxylic acids is 1. The second-order valence-electron chi connectivity index (χ2n) is 2.87. The Hall–Kier alpha value is -1.31. The number of unbranched alkanes of at least 4 members (excludes halogenated alkanes) is 2. The molecule has 0 aliphatic rings. The molecule has 0 aromatic heterocycles. The Morgan fingerprint density at radius 2 is 1.56 bits per heavy atom. The molecule has 96 valence electrons. The number of nitrogens with two attached hydrogens (primary N) is 2. The lowest BCUT2D eigenvalue weighted by atomic mass is 10.2. The first-order valence-corrected chi connectivity index (χ1v) is 4.50. The van der Waals surface area contributed by atoms with Crippen molar-refractivity contribution in [2.45, 2.75) is 31.9 Å². The molecule has 0 radical (unpaired) electrons. The minimum Gasteiger partial charge on any atom is -0.475 e. The number of halogens is 3. The number of hydrogen-bond donors (Lipinski definition) is 3. The molecule has 0 atom stereocenters. The molecule has 0 rings (SSSR count). The fraction of sp³-hybridized carbons (Fsp3) is 0.750. The highest BCUT2D eigenvalue weighted by atomic mass is 19.4. The summed E-state index contributed by atoms with van der Waals surface area (Å²) in [6.45, 7) is 0.707. The third kappa shape index (κ3) is 15.2. The summed E-state index contributed by atoms with van der Waals surface area (Å²) < 4.78 is 31.7. The van der Waals surface area contributed by atoms with Gasteiger partial charge in [0.15, 0.2) is 0 Å². The highest BCUT2D eigenvalue weighted by molar-refractivity contribution is 5.73. The number of aliphatic carboxylic acids is 1. The summed E-state index contributed by atoms with van der Waals surface area (Å²) in [6, 6.07) is 0. The van der Waals surface area contributed by atoms with E-state index >= 15 is 0 Å². The quantitative estimate of drug-likeness (QED) is 0.616. The summed E-state index contributed by atoms with van der Waals surface area (Å²) in [5.74, 6) is -2.97. The highest BCUT2D eigenvalue weighted by Gasteiger charge is 2.38. The fourth-order valence-electron chi connectivity index (χ4n) is 0.620. The van der Waals surface area contributed by atoms with E-state index in [-0.39, 0.29) is 5.91 Å². The first-order chi connectivity index (χ1) is 7.21. The summed E-state index contributed by atoms with van der Waals surface area (Å²) >= 11 is 0. The largest absolute Gasteiger partial charge is 0.490 e. The van der Waals surface area contributed by atoms with Crippen molar-refractivity contribution in [1.29, 1.82) is 0 Å². The van der Waals surface area contributed by atoms with Gasteiger partial charge in [-0.1, -0.05) is 6.42 Å². The van der Waals surface area contributed by atoms with Crippen LogP contribution in [0.4, 0.5) is 13.2 Å². The second-order valence-corrected chi connectivity index (χ2v) is 2.87. The molecule has 0 fully saturated rings. The van der Waals surface area contributed by atoms with Crippen LogP contribution < -0.4 is 11.5 Å². The van der Waals surface area contributed by atoms with Crippen LogP contribution in [0.15, 0.2) is 0 Å². The number of alkyl halides is 3. The standard InChI is InChI=1S/C6H14N2O.C2HF3O2/c7-5-3-1-2-4-6(8)9;3-2(4,5)1(6)7/h1-5,7H2,(H2,8,9);(H,6,7). The van der Waals surface area contributed by atoms with Crippen LogP contribution in [0.5, 0.6) is 0 Å². The van der Waals surface area contributed by atoms with Crippen LogP contribution in [0.3, 0.4) is 0 Å². The lowest BCUT2D eigenvalue weighted by Gasteiger charge is -1.93. The van der Waals surface area contributed by atoms with Crippen molar-refractivity contribution in [2.75, 3.05) is 6.54 Å². The third-order valence-electron chi connectivity index (χ3n) is 1.37. The predicted octanol–water partition coefficient (Wildman–Crippen LogP) is 0.624. The van der Waals surface area contributed by atoms with Crippen molar-refractivity contribution >= 4 is 11.9 Å².